The van der Waals surface area contributed by atoms with Crippen LogP contribution in [-0.4, -0.2) is 37.1 Å². The molecule has 0 radical (unpaired) electrons. The molecule has 0 aliphatic carbocycles. The Labute approximate surface area is 218 Å². The van der Waals surface area contributed by atoms with Gasteiger partial charge in [-0.2, -0.15) is 0 Å². The van der Waals surface area contributed by atoms with Gasteiger partial charge < -0.3 is 16.0 Å². The zero-order valence-corrected chi connectivity index (χ0v) is 21.4. The van der Waals surface area contributed by atoms with Crippen LogP contribution in [0.2, 0.25) is 5.02 Å². The molecule has 1 aliphatic heterocycles. The summed E-state index contributed by atoms with van der Waals surface area (Å²) in [7, 11) is -3.87. The number of halogens is 2. The van der Waals surface area contributed by atoms with Crippen LogP contribution in [0.25, 0.3) is 10.9 Å². The number of sulfone groups is 1. The number of rotatable bonds is 5. The van der Waals surface area contributed by atoms with Crippen molar-refractivity contribution in [3.05, 3.63) is 82.4 Å². The number of nitrogen functional groups attached to an aromatic ring is 1. The van der Waals surface area contributed by atoms with E-state index in [0.717, 1.165) is 54.5 Å². The van der Waals surface area contributed by atoms with Crippen LogP contribution in [0.4, 0.5) is 21.6 Å². The first kappa shape index (κ1) is 24.9. The van der Waals surface area contributed by atoms with Gasteiger partial charge in [-0.05, 0) is 54.8 Å². The number of nitrogens with zero attached hydrogens (tertiary/aromatic N) is 3. The van der Waals surface area contributed by atoms with Crippen molar-refractivity contribution in [3.63, 3.8) is 0 Å². The lowest BCUT2D eigenvalue weighted by Gasteiger charge is -2.26. The van der Waals surface area contributed by atoms with Crippen LogP contribution in [0.15, 0.2) is 59.6 Å². The number of nitrogens with two attached hydrogens (primary N) is 1. The molecular formula is C26H23ClFN5O3S. The lowest BCUT2D eigenvalue weighted by molar-refractivity contribution is 0.0984. The Balaban J connectivity index is 1.62. The van der Waals surface area contributed by atoms with Crippen molar-refractivity contribution in [2.24, 2.45) is 0 Å². The van der Waals surface area contributed by atoms with Gasteiger partial charge in [0.05, 0.1) is 44.6 Å². The number of aryl methyl sites for hydroxylation is 1. The number of hydrogen-bond acceptors (Lipinski definition) is 7. The van der Waals surface area contributed by atoms with Crippen LogP contribution in [-0.2, 0) is 22.8 Å². The van der Waals surface area contributed by atoms with Crippen LogP contribution in [0.3, 0.4) is 0 Å². The molecule has 3 heterocycles. The zero-order chi connectivity index (χ0) is 26.3. The van der Waals surface area contributed by atoms with Crippen LogP contribution in [0, 0.1) is 5.82 Å². The highest BCUT2D eigenvalue weighted by atomic mass is 35.5. The monoisotopic (exact) mass is 539 g/mol. The Kier molecular flexibility index (Phi) is 6.47. The predicted octanol–water partition coefficient (Wildman–Crippen LogP) is 4.61. The van der Waals surface area contributed by atoms with Crippen molar-refractivity contribution < 1.29 is 17.6 Å². The van der Waals surface area contributed by atoms with E-state index in [0.29, 0.717) is 16.1 Å². The van der Waals surface area contributed by atoms with Gasteiger partial charge in [0.2, 0.25) is 0 Å². The van der Waals surface area contributed by atoms with Gasteiger partial charge >= 0.3 is 0 Å². The normalized spacial score (nSPS) is 13.2. The number of fused-ring (bicyclic) bond motifs is 2. The number of amides is 1. The average Bonchev–Trinajstić information content (AvgIpc) is 2.87. The molecule has 0 unspecified atom stereocenters. The lowest BCUT2D eigenvalue weighted by atomic mass is 10.1. The summed E-state index contributed by atoms with van der Waals surface area (Å²) in [5.41, 5.74) is 9.05. The van der Waals surface area contributed by atoms with E-state index in [2.05, 4.69) is 15.3 Å². The number of carbonyl (C=O) groups excluding carboxylic acids is 1. The van der Waals surface area contributed by atoms with Gasteiger partial charge in [0, 0.05) is 24.4 Å². The van der Waals surface area contributed by atoms with E-state index in [-0.39, 0.29) is 28.5 Å². The van der Waals surface area contributed by atoms with Crippen molar-refractivity contribution in [1.29, 1.82) is 0 Å². The molecule has 190 valence electrons. The molecule has 0 bridgehead atoms. The molecule has 11 heteroatoms. The summed E-state index contributed by atoms with van der Waals surface area (Å²) in [6.07, 6.45) is 4.20. The SMILES string of the molecule is CS(=O)(=O)c1cc(F)ccc1N(Cc1ccc2cc(Cl)c(N)nc2c1)C(=O)c1cnc2c(c1)NCCC2. The summed E-state index contributed by atoms with van der Waals surface area (Å²) in [4.78, 5) is 23.7. The van der Waals surface area contributed by atoms with Crippen LogP contribution < -0.4 is 16.0 Å². The van der Waals surface area contributed by atoms with Crippen LogP contribution in [0.1, 0.15) is 28.0 Å². The van der Waals surface area contributed by atoms with Gasteiger partial charge in [-0.15, -0.1) is 0 Å². The van der Waals surface area contributed by atoms with E-state index < -0.39 is 21.6 Å². The largest absolute Gasteiger partial charge is 0.384 e. The molecule has 0 spiro atoms. The lowest BCUT2D eigenvalue weighted by Crippen LogP contribution is -2.32. The number of hydrogen-bond donors (Lipinski definition) is 2. The van der Waals surface area contributed by atoms with E-state index in [9.17, 15) is 17.6 Å². The fourth-order valence-electron chi connectivity index (χ4n) is 4.35. The van der Waals surface area contributed by atoms with Crippen LogP contribution >= 0.6 is 11.6 Å². The summed E-state index contributed by atoms with van der Waals surface area (Å²) in [5.74, 6) is -1.04. The third kappa shape index (κ3) is 5.07. The van der Waals surface area contributed by atoms with Gasteiger partial charge in [-0.3, -0.25) is 9.78 Å². The maximum absolute atomic E-state index is 14.1. The molecule has 1 amide bonds. The van der Waals surface area contributed by atoms with Crippen molar-refractivity contribution in [1.82, 2.24) is 9.97 Å². The van der Waals surface area contributed by atoms with Crippen molar-refractivity contribution in [2.75, 3.05) is 28.8 Å². The summed E-state index contributed by atoms with van der Waals surface area (Å²) in [6, 6.07) is 12.1. The number of pyridine rings is 2. The topological polar surface area (TPSA) is 118 Å². The number of carbonyl (C=O) groups is 1. The van der Waals surface area contributed by atoms with Gasteiger partial charge in [-0.1, -0.05) is 23.7 Å². The fraction of sp³-hybridized carbons (Fsp3) is 0.192. The molecule has 4 aromatic rings. The van der Waals surface area contributed by atoms with Gasteiger partial charge in [-0.25, -0.2) is 17.8 Å². The molecule has 3 N–H and O–H groups in total. The van der Waals surface area contributed by atoms with Gasteiger partial charge in [0.25, 0.3) is 5.91 Å². The molecule has 0 saturated carbocycles. The Bertz CT molecular complexity index is 1660. The maximum Gasteiger partial charge on any atom is 0.260 e. The van der Waals surface area contributed by atoms with E-state index in [1.54, 1.807) is 30.3 Å². The predicted molar refractivity (Wildman–Crippen MR) is 142 cm³/mol. The number of anilines is 3. The maximum atomic E-state index is 14.1. The van der Waals surface area contributed by atoms with E-state index in [1.807, 2.05) is 0 Å². The molecule has 0 saturated heterocycles. The van der Waals surface area contributed by atoms with Crippen LogP contribution in [0.5, 0.6) is 0 Å². The van der Waals surface area contributed by atoms with E-state index in [1.165, 1.54) is 17.2 Å². The quantitative estimate of drug-likeness (QED) is 0.380. The van der Waals surface area contributed by atoms with Crippen molar-refractivity contribution >= 4 is 55.4 Å². The van der Waals surface area contributed by atoms with E-state index >= 15 is 0 Å². The average molecular weight is 540 g/mol. The minimum Gasteiger partial charge on any atom is -0.384 e. The standard InChI is InChI=1S/C26H23ClFN5O3S/c1-37(35,36)24-12-18(28)6-7-23(24)33(26(34)17-11-22-20(31-13-17)3-2-8-30-22)14-15-4-5-16-10-19(27)25(29)32-21(16)9-15/h4-7,9-13,30H,2-3,8,14H2,1H3,(H2,29,32). The highest BCUT2D eigenvalue weighted by molar-refractivity contribution is 7.90. The fourth-order valence-corrected chi connectivity index (χ4v) is 5.40. The van der Waals surface area contributed by atoms with E-state index in [4.69, 9.17) is 17.3 Å². The molecule has 37 heavy (non-hydrogen) atoms. The number of nitrogens with one attached hydrogen (secondary N) is 1. The molecule has 2 aromatic carbocycles. The number of benzene rings is 2. The Morgan fingerprint density at radius 2 is 2.00 bits per heavy atom. The molecule has 5 rings (SSSR count). The first-order chi connectivity index (χ1) is 17.6. The van der Waals surface area contributed by atoms with Crippen molar-refractivity contribution in [2.45, 2.75) is 24.3 Å². The first-order valence-corrected chi connectivity index (χ1v) is 13.8. The summed E-state index contributed by atoms with van der Waals surface area (Å²) in [6.45, 7) is 0.751. The smallest absolute Gasteiger partial charge is 0.260 e. The third-order valence-electron chi connectivity index (χ3n) is 6.18. The zero-order valence-electron chi connectivity index (χ0n) is 19.8. The van der Waals surface area contributed by atoms with Crippen molar-refractivity contribution in [3.8, 4) is 0 Å². The third-order valence-corrected chi connectivity index (χ3v) is 7.61. The minimum atomic E-state index is -3.87. The number of aromatic nitrogens is 2. The second kappa shape index (κ2) is 9.60. The molecule has 0 fully saturated rings. The second-order valence-electron chi connectivity index (χ2n) is 8.91. The van der Waals surface area contributed by atoms with Gasteiger partial charge in [0.15, 0.2) is 9.84 Å². The Morgan fingerprint density at radius 3 is 2.78 bits per heavy atom. The Hall–Kier alpha value is -3.76. The molecule has 8 nitrogen and oxygen atoms in total. The summed E-state index contributed by atoms with van der Waals surface area (Å²) < 4.78 is 39.3. The highest BCUT2D eigenvalue weighted by Gasteiger charge is 2.26. The Morgan fingerprint density at radius 1 is 1.19 bits per heavy atom. The highest BCUT2D eigenvalue weighted by Crippen LogP contribution is 2.31. The first-order valence-electron chi connectivity index (χ1n) is 11.5. The molecule has 2 aromatic heterocycles. The summed E-state index contributed by atoms with van der Waals surface area (Å²) >= 11 is 6.09. The minimum absolute atomic E-state index is 0.0162. The molecular weight excluding hydrogens is 517 g/mol. The summed E-state index contributed by atoms with van der Waals surface area (Å²) in [5, 5.41) is 4.33. The molecule has 0 atom stereocenters. The second-order valence-corrected chi connectivity index (χ2v) is 11.3. The molecule has 1 aliphatic rings. The van der Waals surface area contributed by atoms with Gasteiger partial charge in [0.1, 0.15) is 11.6 Å².